The van der Waals surface area contributed by atoms with Crippen molar-refractivity contribution in [1.82, 2.24) is 0 Å². The van der Waals surface area contributed by atoms with Crippen LogP contribution in [0.3, 0.4) is 0 Å². The van der Waals surface area contributed by atoms with Crippen LogP contribution in [0.1, 0.15) is 105 Å². The minimum Gasteiger partial charge on any atom is -0.335 e. The fourth-order valence-corrected chi connectivity index (χ4v) is 12.9. The lowest BCUT2D eigenvalue weighted by molar-refractivity contribution is 0.289. The number of nitrogens with zero attached hydrogens (tertiary/aromatic N) is 2. The third kappa shape index (κ3) is 12.9. The molecule has 0 radical (unpaired) electrons. The minimum atomic E-state index is -0.0220. The summed E-state index contributed by atoms with van der Waals surface area (Å²) in [5.41, 5.74) is 14.6. The highest BCUT2D eigenvalue weighted by molar-refractivity contribution is 8.07. The van der Waals surface area contributed by atoms with E-state index < -0.39 is 0 Å². The lowest BCUT2D eigenvalue weighted by atomic mass is 9.58. The molecule has 76 heavy (non-hydrogen) atoms. The molecule has 0 aliphatic heterocycles. The number of allylic oxidation sites excluding steroid dienone is 18. The quantitative estimate of drug-likeness (QED) is 0.0891. The molecule has 6 aromatic rings. The molecule has 1 heterocycles. The van der Waals surface area contributed by atoms with E-state index in [9.17, 15) is 0 Å². The van der Waals surface area contributed by atoms with Gasteiger partial charge in [0.25, 0.3) is 0 Å². The van der Waals surface area contributed by atoms with Gasteiger partial charge in [0.05, 0.1) is 6.04 Å². The van der Waals surface area contributed by atoms with E-state index in [2.05, 4.69) is 278 Å². The van der Waals surface area contributed by atoms with Gasteiger partial charge < -0.3 is 9.80 Å². The molecule has 0 amide bonds. The van der Waals surface area contributed by atoms with Gasteiger partial charge in [0.15, 0.2) is 0 Å². The Hall–Kier alpha value is -7.11. The number of thiophene rings is 1. The van der Waals surface area contributed by atoms with Gasteiger partial charge >= 0.3 is 0 Å². The number of hydrogen-bond acceptors (Lipinski definition) is 4. The molecule has 3 atom stereocenters. The molecule has 3 unspecified atom stereocenters. The van der Waals surface area contributed by atoms with Crippen LogP contribution in [0.4, 0.5) is 22.7 Å². The van der Waals surface area contributed by atoms with Crippen LogP contribution in [0.5, 0.6) is 0 Å². The van der Waals surface area contributed by atoms with Gasteiger partial charge in [0, 0.05) is 48.5 Å². The molecule has 0 spiro atoms. The maximum absolute atomic E-state index is 2.55. The molecule has 4 heteroatoms. The second kappa shape index (κ2) is 27.1. The van der Waals surface area contributed by atoms with E-state index in [1.54, 1.807) is 0 Å². The molecule has 0 N–H and O–H groups in total. The van der Waals surface area contributed by atoms with Crippen molar-refractivity contribution in [2.75, 3.05) is 16.1 Å². The van der Waals surface area contributed by atoms with Crippen molar-refractivity contribution >= 4 is 68.0 Å². The van der Waals surface area contributed by atoms with Crippen molar-refractivity contribution in [3.05, 3.63) is 287 Å². The molecule has 0 saturated carbocycles. The number of rotatable bonds is 12. The van der Waals surface area contributed by atoms with Crippen molar-refractivity contribution in [1.29, 1.82) is 0 Å². The Labute approximate surface area is 463 Å². The number of anilines is 4. The number of benzene rings is 5. The Balaban J connectivity index is 0.000000267. The smallest absolute Gasteiger partial charge is 0.0522 e. The fraction of sp³-hybridized carbons (Fsp3) is 0.222. The summed E-state index contributed by atoms with van der Waals surface area (Å²) < 4.78 is 0. The molecule has 0 saturated heterocycles. The summed E-state index contributed by atoms with van der Waals surface area (Å²) in [4.78, 5) is 8.76. The first-order chi connectivity index (χ1) is 37.6. The maximum Gasteiger partial charge on any atom is 0.0522 e. The summed E-state index contributed by atoms with van der Waals surface area (Å²) >= 11 is 3.70. The summed E-state index contributed by atoms with van der Waals surface area (Å²) in [7, 11) is 0. The predicted molar refractivity (Wildman–Crippen MR) is 337 cm³/mol. The van der Waals surface area contributed by atoms with E-state index in [1.165, 1.54) is 102 Å². The molecule has 5 aliphatic carbocycles. The van der Waals surface area contributed by atoms with Gasteiger partial charge in [0.1, 0.15) is 0 Å². The van der Waals surface area contributed by atoms with Crippen molar-refractivity contribution in [3.63, 3.8) is 0 Å². The van der Waals surface area contributed by atoms with Gasteiger partial charge in [-0.1, -0.05) is 190 Å². The van der Waals surface area contributed by atoms with Crippen LogP contribution in [0, 0.1) is 5.92 Å². The first-order valence-corrected chi connectivity index (χ1v) is 29.7. The van der Waals surface area contributed by atoms with Gasteiger partial charge in [-0.2, -0.15) is 0 Å². The third-order valence-electron chi connectivity index (χ3n) is 15.2. The first-order valence-electron chi connectivity index (χ1n) is 27.7. The number of para-hydroxylation sites is 4. The van der Waals surface area contributed by atoms with Crippen LogP contribution >= 0.6 is 23.1 Å². The van der Waals surface area contributed by atoms with E-state index in [-0.39, 0.29) is 5.41 Å². The van der Waals surface area contributed by atoms with E-state index in [4.69, 9.17) is 0 Å². The molecular formula is C72H74N2S2. The standard InChI is InChI=1S/C51H47NS2.C19H21N.C2H6/c1-38-41-20-11-5-6-16-35-51(37-41,42-28-30-45(31-29-42)52(43-21-12-7-13-22-43)44-23-14-8-15-24-44)48-36-40(27-33-47(38)48)49(53-2)26-17-25-46-32-34-50(54-46)39-18-9-3-4-10-19-39;1-2-6-12-17(11-5-1)20(18-13-7-3-8-14-18)19-15-9-4-10-16-19;1-2/h3-15,17-18,20-28,30-34,36,42H,16,19,29,35,37H2,1-2H3;3-5,7-11,13-17H,1-2,6,12H2;1-2H3/b6-5-,20-11-,25-17+,49-26-;;. The number of thioether (sulfide) groups is 1. The predicted octanol–water partition coefficient (Wildman–Crippen LogP) is 21.0. The Morgan fingerprint density at radius 1 is 0.671 bits per heavy atom. The largest absolute Gasteiger partial charge is 0.335 e. The Kier molecular flexibility index (Phi) is 19.1. The van der Waals surface area contributed by atoms with Gasteiger partial charge in [-0.25, -0.2) is 0 Å². The average molecular weight is 1030 g/mol. The average Bonchev–Trinajstić information content (AvgIpc) is 3.61. The zero-order valence-corrected chi connectivity index (χ0v) is 46.6. The summed E-state index contributed by atoms with van der Waals surface area (Å²) in [5.74, 6) is 0.371. The number of hydrogen-bond donors (Lipinski definition) is 0. The van der Waals surface area contributed by atoms with Gasteiger partial charge in [-0.3, -0.25) is 0 Å². The first kappa shape index (κ1) is 53.7. The third-order valence-corrected chi connectivity index (χ3v) is 17.1. The van der Waals surface area contributed by atoms with Crippen molar-refractivity contribution < 1.29 is 0 Å². The highest BCUT2D eigenvalue weighted by atomic mass is 32.2. The molecule has 2 bridgehead atoms. The monoisotopic (exact) mass is 1030 g/mol. The second-order valence-electron chi connectivity index (χ2n) is 19.7. The van der Waals surface area contributed by atoms with E-state index >= 15 is 0 Å². The van der Waals surface area contributed by atoms with Crippen molar-refractivity contribution in [3.8, 4) is 0 Å². The SMILES string of the molecule is C1=CC(N(c2ccccc2)c2ccccc2)CCCC1.CC.CS/C(=C\C=C\c1ccc(C2=CC=CC=CC2)s1)c1ccc2c(c1)C1(C3C=CC(N(c4ccccc4)c4ccccc4)=CC3)CC/C=C\C=C/C(=C2C)C1. The highest BCUT2D eigenvalue weighted by Gasteiger charge is 2.44. The molecule has 2 nitrogen and oxygen atoms in total. The normalized spacial score (nSPS) is 20.7. The molecular weight excluding hydrogens is 957 g/mol. The highest BCUT2D eigenvalue weighted by Crippen LogP contribution is 2.54. The molecule has 1 aromatic heterocycles. The van der Waals surface area contributed by atoms with E-state index in [0.717, 1.165) is 32.1 Å². The van der Waals surface area contributed by atoms with Crippen LogP contribution in [0.2, 0.25) is 0 Å². The summed E-state index contributed by atoms with van der Waals surface area (Å²) in [6.45, 7) is 6.33. The zero-order chi connectivity index (χ0) is 52.4. The van der Waals surface area contributed by atoms with Gasteiger partial charge in [-0.05, 0) is 189 Å². The molecule has 0 fully saturated rings. The Morgan fingerprint density at radius 2 is 1.36 bits per heavy atom. The second-order valence-corrected chi connectivity index (χ2v) is 21.7. The van der Waals surface area contributed by atoms with E-state index in [1.807, 2.05) is 36.9 Å². The summed E-state index contributed by atoms with van der Waals surface area (Å²) in [6.07, 6.45) is 51.4. The van der Waals surface area contributed by atoms with Crippen LogP contribution in [-0.2, 0) is 5.41 Å². The van der Waals surface area contributed by atoms with Crippen LogP contribution in [0.25, 0.3) is 22.1 Å². The Morgan fingerprint density at radius 3 is 2.03 bits per heavy atom. The lowest BCUT2D eigenvalue weighted by Gasteiger charge is -2.46. The van der Waals surface area contributed by atoms with Crippen LogP contribution in [-0.4, -0.2) is 12.3 Å². The Bertz CT molecular complexity index is 3110. The summed E-state index contributed by atoms with van der Waals surface area (Å²) in [6, 6.07) is 55.2. The summed E-state index contributed by atoms with van der Waals surface area (Å²) in [5, 5.41) is 0. The van der Waals surface area contributed by atoms with Crippen LogP contribution < -0.4 is 9.80 Å². The molecule has 5 aliphatic rings. The van der Waals surface area contributed by atoms with Gasteiger partial charge in [-0.15, -0.1) is 23.1 Å². The van der Waals surface area contributed by atoms with E-state index in [0.29, 0.717) is 12.0 Å². The minimum absolute atomic E-state index is 0.0220. The van der Waals surface area contributed by atoms with Crippen molar-refractivity contribution in [2.45, 2.75) is 90.0 Å². The maximum atomic E-state index is 2.55. The van der Waals surface area contributed by atoms with Gasteiger partial charge in [0.2, 0.25) is 0 Å². The van der Waals surface area contributed by atoms with Crippen molar-refractivity contribution in [2.24, 2.45) is 5.92 Å². The number of fused-ring (bicyclic) bond motifs is 4. The van der Waals surface area contributed by atoms with Crippen LogP contribution in [0.15, 0.2) is 260 Å². The topological polar surface area (TPSA) is 6.48 Å². The molecule has 11 rings (SSSR count). The fourth-order valence-electron chi connectivity index (χ4n) is 11.4. The zero-order valence-electron chi connectivity index (χ0n) is 45.0. The lowest BCUT2D eigenvalue weighted by Crippen LogP contribution is -2.38. The molecule has 5 aromatic carbocycles. The molecule has 384 valence electrons.